The zero-order valence-electron chi connectivity index (χ0n) is 7.14. The molecule has 1 aliphatic carbocycles. The summed E-state index contributed by atoms with van der Waals surface area (Å²) in [5.41, 5.74) is 0. The van der Waals surface area contributed by atoms with Gasteiger partial charge in [-0.3, -0.25) is 4.79 Å². The van der Waals surface area contributed by atoms with Gasteiger partial charge in [-0.05, 0) is 24.7 Å². The molecule has 0 amide bonds. The van der Waals surface area contributed by atoms with E-state index in [9.17, 15) is 13.2 Å². The lowest BCUT2D eigenvalue weighted by atomic mass is 9.91. The van der Waals surface area contributed by atoms with Crippen LogP contribution in [-0.4, -0.2) is 31.0 Å². The van der Waals surface area contributed by atoms with Crippen LogP contribution in [0.3, 0.4) is 0 Å². The normalized spacial score (nSPS) is 41.7. The molecule has 4 nitrogen and oxygen atoms in total. The molecule has 0 aromatic heterocycles. The van der Waals surface area contributed by atoms with E-state index in [4.69, 9.17) is 5.11 Å². The van der Waals surface area contributed by atoms with Gasteiger partial charge in [0, 0.05) is 0 Å². The Balaban J connectivity index is 2.28. The van der Waals surface area contributed by atoms with Crippen molar-refractivity contribution >= 4 is 15.8 Å². The summed E-state index contributed by atoms with van der Waals surface area (Å²) in [6.07, 6.45) is 1.53. The number of carbonyl (C=O) groups is 1. The highest BCUT2D eigenvalue weighted by atomic mass is 32.2. The van der Waals surface area contributed by atoms with Gasteiger partial charge in [-0.2, -0.15) is 0 Å². The van der Waals surface area contributed by atoms with Crippen LogP contribution in [0.4, 0.5) is 0 Å². The molecule has 13 heavy (non-hydrogen) atoms. The van der Waals surface area contributed by atoms with E-state index in [-0.39, 0.29) is 23.3 Å². The lowest BCUT2D eigenvalue weighted by Crippen LogP contribution is -2.38. The van der Waals surface area contributed by atoms with Crippen molar-refractivity contribution in [1.29, 1.82) is 0 Å². The largest absolute Gasteiger partial charge is 0.481 e. The van der Waals surface area contributed by atoms with E-state index in [1.165, 1.54) is 0 Å². The maximum Gasteiger partial charge on any atom is 0.307 e. The van der Waals surface area contributed by atoms with Crippen molar-refractivity contribution < 1.29 is 18.3 Å². The van der Waals surface area contributed by atoms with Crippen molar-refractivity contribution in [3.63, 3.8) is 0 Å². The number of hydrogen-bond acceptors (Lipinski definition) is 3. The van der Waals surface area contributed by atoms with Gasteiger partial charge in [0.15, 0.2) is 9.84 Å². The van der Waals surface area contributed by atoms with Gasteiger partial charge in [-0.1, -0.05) is 0 Å². The lowest BCUT2D eigenvalue weighted by molar-refractivity contribution is -0.144. The molecule has 74 valence electrons. The van der Waals surface area contributed by atoms with Crippen molar-refractivity contribution in [1.82, 2.24) is 0 Å². The first-order chi connectivity index (χ1) is 5.99. The summed E-state index contributed by atoms with van der Waals surface area (Å²) in [6.45, 7) is 0. The molecule has 2 bridgehead atoms. The predicted octanol–water partition coefficient (Wildman–Crippen LogP) is 0.142. The van der Waals surface area contributed by atoms with Gasteiger partial charge < -0.3 is 5.11 Å². The van der Waals surface area contributed by atoms with Crippen LogP contribution in [0.2, 0.25) is 0 Å². The van der Waals surface area contributed by atoms with Crippen LogP contribution in [0.5, 0.6) is 0 Å². The van der Waals surface area contributed by atoms with Gasteiger partial charge in [-0.15, -0.1) is 0 Å². The topological polar surface area (TPSA) is 71.4 Å². The van der Waals surface area contributed by atoms with E-state index in [1.54, 1.807) is 0 Å². The molecule has 0 aromatic rings. The smallest absolute Gasteiger partial charge is 0.307 e. The third-order valence-corrected chi connectivity index (χ3v) is 5.02. The molecule has 1 aliphatic heterocycles. The number of carboxylic acid groups (broad SMARTS) is 1. The molecule has 0 spiro atoms. The van der Waals surface area contributed by atoms with E-state index in [1.807, 2.05) is 0 Å². The predicted molar refractivity (Wildman–Crippen MR) is 46.0 cm³/mol. The van der Waals surface area contributed by atoms with Gasteiger partial charge in [0.05, 0.1) is 17.4 Å². The highest BCUT2D eigenvalue weighted by Crippen LogP contribution is 2.42. The first-order valence-electron chi connectivity index (χ1n) is 4.43. The second kappa shape index (κ2) is 2.70. The monoisotopic (exact) mass is 204 g/mol. The van der Waals surface area contributed by atoms with E-state index >= 15 is 0 Å². The van der Waals surface area contributed by atoms with Crippen molar-refractivity contribution in [2.75, 3.05) is 11.5 Å². The summed E-state index contributed by atoms with van der Waals surface area (Å²) in [4.78, 5) is 10.8. The van der Waals surface area contributed by atoms with E-state index in [0.29, 0.717) is 0 Å². The van der Waals surface area contributed by atoms with Crippen LogP contribution in [0.25, 0.3) is 0 Å². The minimum absolute atomic E-state index is 0.0838. The summed E-state index contributed by atoms with van der Waals surface area (Å²) in [5, 5.41) is 8.89. The first-order valence-corrected chi connectivity index (χ1v) is 6.25. The molecular formula is C8H12O4S. The second-order valence-corrected chi connectivity index (χ2v) is 6.19. The fourth-order valence-corrected chi connectivity index (χ4v) is 4.86. The number of carboxylic acids is 1. The number of fused-ring (bicyclic) bond motifs is 2. The van der Waals surface area contributed by atoms with Crippen molar-refractivity contribution in [3.8, 4) is 0 Å². The Morgan fingerprint density at radius 3 is 2.00 bits per heavy atom. The lowest BCUT2D eigenvalue weighted by Gasteiger charge is -2.26. The fourth-order valence-electron chi connectivity index (χ4n) is 2.67. The van der Waals surface area contributed by atoms with Crippen molar-refractivity contribution in [3.05, 3.63) is 0 Å². The summed E-state index contributed by atoms with van der Waals surface area (Å²) in [5.74, 6) is -1.30. The molecule has 0 radical (unpaired) electrons. The number of aliphatic carboxylic acids is 1. The zero-order chi connectivity index (χ0) is 9.64. The van der Waals surface area contributed by atoms with E-state index < -0.39 is 21.7 Å². The second-order valence-electron chi connectivity index (χ2n) is 4.04. The fraction of sp³-hybridized carbons (Fsp3) is 0.875. The van der Waals surface area contributed by atoms with Crippen LogP contribution < -0.4 is 0 Å². The quantitative estimate of drug-likeness (QED) is 0.659. The van der Waals surface area contributed by atoms with Crippen LogP contribution in [0.15, 0.2) is 0 Å². The van der Waals surface area contributed by atoms with Crippen molar-refractivity contribution in [2.45, 2.75) is 12.8 Å². The Morgan fingerprint density at radius 1 is 1.15 bits per heavy atom. The van der Waals surface area contributed by atoms with Crippen molar-refractivity contribution in [2.24, 2.45) is 17.8 Å². The Labute approximate surface area is 76.9 Å². The molecule has 2 atom stereocenters. The van der Waals surface area contributed by atoms with Gasteiger partial charge >= 0.3 is 5.97 Å². The van der Waals surface area contributed by atoms with Crippen LogP contribution in [0, 0.1) is 17.8 Å². The number of rotatable bonds is 1. The highest BCUT2D eigenvalue weighted by Gasteiger charge is 2.48. The first kappa shape index (κ1) is 8.99. The molecule has 2 unspecified atom stereocenters. The minimum atomic E-state index is -2.95. The average Bonchev–Trinajstić information content (AvgIpc) is 2.23. The molecule has 2 rings (SSSR count). The van der Waals surface area contributed by atoms with Crippen LogP contribution in [0.1, 0.15) is 12.8 Å². The maximum atomic E-state index is 11.3. The Morgan fingerprint density at radius 2 is 1.62 bits per heavy atom. The highest BCUT2D eigenvalue weighted by molar-refractivity contribution is 7.91. The summed E-state index contributed by atoms with van der Waals surface area (Å²) < 4.78 is 22.6. The molecule has 0 aromatic carbocycles. The molecule has 2 fully saturated rings. The maximum absolute atomic E-state index is 11.3. The third-order valence-electron chi connectivity index (χ3n) is 3.15. The van der Waals surface area contributed by atoms with Gasteiger partial charge in [0.2, 0.25) is 0 Å². The standard InChI is InChI=1S/C8H12O4S/c9-8(10)7-5-1-2-6(7)4-13(11,12)3-5/h5-7H,1-4H2,(H,9,10). The molecule has 1 saturated heterocycles. The minimum Gasteiger partial charge on any atom is -0.481 e. The molecule has 1 saturated carbocycles. The average molecular weight is 204 g/mol. The van der Waals surface area contributed by atoms with Crippen LogP contribution in [-0.2, 0) is 14.6 Å². The number of hydrogen-bond donors (Lipinski definition) is 1. The third kappa shape index (κ3) is 1.45. The van der Waals surface area contributed by atoms with Crippen LogP contribution >= 0.6 is 0 Å². The Hall–Kier alpha value is -0.580. The van der Waals surface area contributed by atoms with E-state index in [0.717, 1.165) is 12.8 Å². The summed E-state index contributed by atoms with van der Waals surface area (Å²) in [6, 6.07) is 0. The number of sulfone groups is 1. The molecular weight excluding hydrogens is 192 g/mol. The Kier molecular flexibility index (Phi) is 1.87. The summed E-state index contributed by atoms with van der Waals surface area (Å²) >= 11 is 0. The molecule has 1 heterocycles. The molecule has 1 N–H and O–H groups in total. The Bertz CT molecular complexity index is 312. The zero-order valence-corrected chi connectivity index (χ0v) is 7.96. The van der Waals surface area contributed by atoms with Gasteiger partial charge in [0.25, 0.3) is 0 Å². The van der Waals surface area contributed by atoms with Gasteiger partial charge in [0.1, 0.15) is 0 Å². The SMILES string of the molecule is O=C(O)C1C2CCC1CS(=O)(=O)C2. The molecule has 5 heteroatoms. The van der Waals surface area contributed by atoms with E-state index in [2.05, 4.69) is 0 Å². The molecule has 2 aliphatic rings. The van der Waals surface area contributed by atoms with Gasteiger partial charge in [-0.25, -0.2) is 8.42 Å². The summed E-state index contributed by atoms with van der Waals surface area (Å²) in [7, 11) is -2.95.